The first-order chi connectivity index (χ1) is 39.9. The molecule has 84 heavy (non-hydrogen) atoms. The SMILES string of the molecule is CN[C@@H](C)C(=O)N[C@H](C(=O)N1Cc2cc(C(=O)Nc3ccc4cc(C(=O)N[C@H]5C[C@@H](C(=O)N[C@@H]6CCCc7ccccc76)N(C(=O)[C@@H](NC(=O)[C@H](C)NC)C(C)(C)C)C5)[nH]c4c3)ccc2C[C@H]1C(=O)N[C@@H]1CCCc2ccccc21)C(C)(C)C. The largest absolute Gasteiger partial charge is 0.350 e. The Bertz CT molecular complexity index is 3340. The number of H-pyrrole nitrogens is 1. The van der Waals surface area contributed by atoms with E-state index in [4.69, 9.17) is 0 Å². The van der Waals surface area contributed by atoms with Crippen molar-refractivity contribution in [1.82, 2.24) is 52.0 Å². The van der Waals surface area contributed by atoms with Crippen LogP contribution in [-0.2, 0) is 54.6 Å². The average molecular weight is 1150 g/mol. The summed E-state index contributed by atoms with van der Waals surface area (Å²) in [6.07, 6.45) is 5.48. The van der Waals surface area contributed by atoms with Gasteiger partial charge in [-0.2, -0.15) is 0 Å². The Hall–Kier alpha value is -7.90. The molecule has 2 aliphatic heterocycles. The summed E-state index contributed by atoms with van der Waals surface area (Å²) in [5.41, 5.74) is 6.09. The standard InChI is InChI=1S/C65H83N11O8/c1-36(66-9)56(77)73-54(64(3,4)5)62(83)75-34-43-29-42(26-25-40(43)31-52(75)60(81)71-48-23-15-19-38-17-11-13-21-46(38)48)58(79)68-44-28-27-41-30-51(70-50(41)32-44)59(80)69-45-33-53(61(82)72-49-24-16-20-39-18-12-14-22-47(39)49)76(35-45)63(84)55(65(6,7)8)74-57(78)37(2)67-10/h11-14,17-18,21-22,25-30,32,36-37,45,48-49,52-55,66-67,70H,15-16,19-20,23-24,31,33-35H2,1-10H3,(H,68,79)(H,69,80)(H,71,81)(H,72,82)(H,73,77)(H,74,78)/t36-,37-,45-,48+,49+,52-,53-,54+,55+/m0/s1. The van der Waals surface area contributed by atoms with Crippen molar-refractivity contribution in [1.29, 1.82) is 0 Å². The van der Waals surface area contributed by atoms with Gasteiger partial charge in [0.1, 0.15) is 29.9 Å². The van der Waals surface area contributed by atoms with Crippen molar-refractivity contribution >= 4 is 63.8 Å². The molecule has 5 aromatic rings. The lowest BCUT2D eigenvalue weighted by molar-refractivity contribution is -0.147. The highest BCUT2D eigenvalue weighted by molar-refractivity contribution is 6.06. The third-order valence-electron chi connectivity index (χ3n) is 17.4. The molecule has 9 N–H and O–H groups in total. The second kappa shape index (κ2) is 25.1. The lowest BCUT2D eigenvalue weighted by Gasteiger charge is -2.42. The Balaban J connectivity index is 0.913. The van der Waals surface area contributed by atoms with E-state index in [0.29, 0.717) is 27.7 Å². The molecule has 8 amide bonds. The number of rotatable bonds is 16. The maximum Gasteiger partial charge on any atom is 0.268 e. The number of aryl methyl sites for hydroxylation is 2. The Morgan fingerprint density at radius 3 is 1.69 bits per heavy atom. The maximum absolute atomic E-state index is 14.9. The van der Waals surface area contributed by atoms with E-state index >= 15 is 0 Å². The molecule has 0 unspecified atom stereocenters. The summed E-state index contributed by atoms with van der Waals surface area (Å²) in [7, 11) is 3.33. The van der Waals surface area contributed by atoms with Crippen LogP contribution in [0.15, 0.2) is 91.0 Å². The normalized spacial score (nSPS) is 20.9. The fourth-order valence-electron chi connectivity index (χ4n) is 12.2. The summed E-state index contributed by atoms with van der Waals surface area (Å²) in [5.74, 6) is -3.04. The number of aromatic nitrogens is 1. The Morgan fingerprint density at radius 2 is 1.13 bits per heavy atom. The quantitative estimate of drug-likeness (QED) is 0.0554. The van der Waals surface area contributed by atoms with Gasteiger partial charge >= 0.3 is 0 Å². The Labute approximate surface area is 492 Å². The molecule has 0 spiro atoms. The molecule has 446 valence electrons. The van der Waals surface area contributed by atoms with Crippen LogP contribution in [0.2, 0.25) is 0 Å². The summed E-state index contributed by atoms with van der Waals surface area (Å²) in [6, 6.07) is 22.3. The minimum atomic E-state index is -0.977. The van der Waals surface area contributed by atoms with Gasteiger partial charge in [-0.15, -0.1) is 0 Å². The molecule has 0 bridgehead atoms. The van der Waals surface area contributed by atoms with Gasteiger partial charge in [-0.1, -0.05) is 102 Å². The highest BCUT2D eigenvalue weighted by Gasteiger charge is 2.47. The number of carbonyl (C=O) groups is 8. The van der Waals surface area contributed by atoms with Crippen LogP contribution in [0.3, 0.4) is 0 Å². The summed E-state index contributed by atoms with van der Waals surface area (Å²) >= 11 is 0. The lowest BCUT2D eigenvalue weighted by Crippen LogP contribution is -2.62. The van der Waals surface area contributed by atoms with E-state index in [1.54, 1.807) is 69.2 Å². The number of carbonyl (C=O) groups excluding carboxylic acids is 8. The molecule has 9 rings (SSSR count). The number of hydrogen-bond donors (Lipinski definition) is 9. The molecule has 0 radical (unpaired) electrons. The number of fused-ring (bicyclic) bond motifs is 4. The zero-order valence-corrected chi connectivity index (χ0v) is 50.1. The van der Waals surface area contributed by atoms with E-state index in [9.17, 15) is 38.4 Å². The van der Waals surface area contributed by atoms with Crippen molar-refractivity contribution in [2.75, 3.05) is 26.0 Å². The smallest absolute Gasteiger partial charge is 0.268 e. The number of amides is 8. The van der Waals surface area contributed by atoms with E-state index < -0.39 is 76.8 Å². The number of aromatic amines is 1. The first-order valence-corrected chi connectivity index (χ1v) is 29.6. The van der Waals surface area contributed by atoms with Crippen LogP contribution in [0.4, 0.5) is 5.69 Å². The number of likely N-dealkylation sites (N-methyl/N-ethyl adjacent to an activating group) is 2. The molecule has 9 atom stereocenters. The van der Waals surface area contributed by atoms with Gasteiger partial charge in [-0.05, 0) is 147 Å². The predicted molar refractivity (Wildman–Crippen MR) is 322 cm³/mol. The third kappa shape index (κ3) is 13.4. The highest BCUT2D eigenvalue weighted by atomic mass is 16.2. The second-order valence-corrected chi connectivity index (χ2v) is 25.5. The van der Waals surface area contributed by atoms with Gasteiger partial charge in [0.15, 0.2) is 0 Å². The zero-order chi connectivity index (χ0) is 60.4. The van der Waals surface area contributed by atoms with Gasteiger partial charge in [-0.25, -0.2) is 0 Å². The van der Waals surface area contributed by atoms with E-state index in [1.165, 1.54) is 16.0 Å². The Kier molecular flexibility index (Phi) is 18.2. The number of anilines is 1. The van der Waals surface area contributed by atoms with Crippen LogP contribution < -0.4 is 42.5 Å². The molecule has 0 saturated carbocycles. The molecule has 1 fully saturated rings. The van der Waals surface area contributed by atoms with E-state index in [-0.39, 0.29) is 67.3 Å². The van der Waals surface area contributed by atoms with E-state index in [0.717, 1.165) is 55.2 Å². The minimum absolute atomic E-state index is 0.0163. The summed E-state index contributed by atoms with van der Waals surface area (Å²) in [4.78, 5) is 120. The summed E-state index contributed by atoms with van der Waals surface area (Å²) in [6.45, 7) is 14.7. The number of benzene rings is 4. The number of hydrogen-bond acceptors (Lipinski definition) is 10. The monoisotopic (exact) mass is 1150 g/mol. The third-order valence-corrected chi connectivity index (χ3v) is 17.4. The lowest BCUT2D eigenvalue weighted by atomic mass is 9.83. The van der Waals surface area contributed by atoms with Gasteiger partial charge in [-0.3, -0.25) is 38.4 Å². The van der Waals surface area contributed by atoms with Gasteiger partial charge in [0.05, 0.1) is 24.2 Å². The predicted octanol–water partition coefficient (Wildman–Crippen LogP) is 6.04. The summed E-state index contributed by atoms with van der Waals surface area (Å²) < 4.78 is 0. The van der Waals surface area contributed by atoms with Crippen molar-refractivity contribution in [2.45, 2.75) is 168 Å². The summed E-state index contributed by atoms with van der Waals surface area (Å²) in [5, 5.41) is 25.0. The van der Waals surface area contributed by atoms with Crippen LogP contribution in [-0.4, -0.2) is 125 Å². The van der Waals surface area contributed by atoms with Crippen LogP contribution >= 0.6 is 0 Å². The van der Waals surface area contributed by atoms with Crippen molar-refractivity contribution in [3.05, 3.63) is 136 Å². The maximum atomic E-state index is 14.9. The van der Waals surface area contributed by atoms with Crippen LogP contribution in [0.25, 0.3) is 10.9 Å². The molecule has 3 heterocycles. The number of likely N-dealkylation sites (tertiary alicyclic amines) is 1. The zero-order valence-electron chi connectivity index (χ0n) is 50.1. The Morgan fingerprint density at radius 1 is 0.583 bits per heavy atom. The van der Waals surface area contributed by atoms with Crippen molar-refractivity contribution in [3.8, 4) is 0 Å². The van der Waals surface area contributed by atoms with Gasteiger partial charge in [0.25, 0.3) is 11.8 Å². The fourth-order valence-corrected chi connectivity index (χ4v) is 12.2. The van der Waals surface area contributed by atoms with E-state index in [2.05, 4.69) is 59.7 Å². The van der Waals surface area contributed by atoms with Gasteiger partial charge < -0.3 is 57.3 Å². The molecule has 1 saturated heterocycles. The topological polar surface area (TPSA) is 255 Å². The van der Waals surface area contributed by atoms with Crippen molar-refractivity contribution in [2.24, 2.45) is 10.8 Å². The molecule has 19 nitrogen and oxygen atoms in total. The van der Waals surface area contributed by atoms with Gasteiger partial charge in [0.2, 0.25) is 35.4 Å². The van der Waals surface area contributed by atoms with Crippen molar-refractivity contribution in [3.63, 3.8) is 0 Å². The number of nitrogens with zero attached hydrogens (tertiary/aromatic N) is 2. The van der Waals surface area contributed by atoms with Crippen LogP contribution in [0.5, 0.6) is 0 Å². The van der Waals surface area contributed by atoms with Crippen molar-refractivity contribution < 1.29 is 38.4 Å². The molecule has 2 aliphatic carbocycles. The van der Waals surface area contributed by atoms with Crippen LogP contribution in [0, 0.1) is 10.8 Å². The first-order valence-electron chi connectivity index (χ1n) is 29.6. The fraction of sp³-hybridized carbons (Fsp3) is 0.477. The van der Waals surface area contributed by atoms with E-state index in [1.807, 2.05) is 84.0 Å². The molecule has 1 aromatic heterocycles. The molecule has 4 aliphatic rings. The number of nitrogens with one attached hydrogen (secondary N) is 9. The average Bonchev–Trinajstić information content (AvgIpc) is 4.04. The molecular formula is C65H83N11O8. The van der Waals surface area contributed by atoms with Gasteiger partial charge in [0, 0.05) is 47.7 Å². The highest BCUT2D eigenvalue weighted by Crippen LogP contribution is 2.35. The second-order valence-electron chi connectivity index (χ2n) is 25.5. The van der Waals surface area contributed by atoms with Crippen LogP contribution in [0.1, 0.15) is 154 Å². The first kappa shape index (κ1) is 60.7. The molecular weight excluding hydrogens is 1060 g/mol. The molecule has 4 aromatic carbocycles. The minimum Gasteiger partial charge on any atom is -0.350 e. The molecule has 19 heteroatoms.